The monoisotopic (exact) mass is 551 g/mol. The van der Waals surface area contributed by atoms with Gasteiger partial charge < -0.3 is 20.1 Å². The molecule has 176 valence electrons. The molecule has 1 aliphatic heterocycles. The van der Waals surface area contributed by atoms with Gasteiger partial charge in [0.2, 0.25) is 0 Å². The molecule has 0 amide bonds. The molecule has 32 heavy (non-hydrogen) atoms. The molecular weight excluding hydrogens is 513 g/mol. The normalized spacial score (nSPS) is 15.6. The first kappa shape index (κ1) is 26.6. The molecule has 0 spiro atoms. The Kier molecular flexibility index (Phi) is 12.7. The average Bonchev–Trinajstić information content (AvgIpc) is 2.82. The molecule has 1 heterocycles. The Morgan fingerprint density at radius 2 is 1.72 bits per heavy atom. The molecule has 1 aliphatic rings. The quantitative estimate of drug-likeness (QED) is 0.246. The van der Waals surface area contributed by atoms with E-state index in [1.807, 2.05) is 0 Å². The lowest BCUT2D eigenvalue weighted by Crippen LogP contribution is -2.42. The summed E-state index contributed by atoms with van der Waals surface area (Å²) >= 11 is 0. The van der Waals surface area contributed by atoms with E-state index in [1.54, 1.807) is 0 Å². The van der Waals surface area contributed by atoms with Crippen LogP contribution >= 0.6 is 24.0 Å². The van der Waals surface area contributed by atoms with Crippen LogP contribution in [-0.4, -0.2) is 37.9 Å². The molecule has 6 heteroatoms. The predicted molar refractivity (Wildman–Crippen MR) is 143 cm³/mol. The highest BCUT2D eigenvalue weighted by Gasteiger charge is 2.14. The lowest BCUT2D eigenvalue weighted by Gasteiger charge is -2.22. The van der Waals surface area contributed by atoms with Gasteiger partial charge in [-0.05, 0) is 56.2 Å². The van der Waals surface area contributed by atoms with Crippen LogP contribution in [-0.2, 0) is 29.0 Å². The van der Waals surface area contributed by atoms with Gasteiger partial charge in [-0.3, -0.25) is 0 Å². The van der Waals surface area contributed by atoms with Gasteiger partial charge in [0.15, 0.2) is 5.96 Å². The predicted octanol–water partition coefficient (Wildman–Crippen LogP) is 5.08. The Bertz CT molecular complexity index is 777. The van der Waals surface area contributed by atoms with E-state index >= 15 is 0 Å². The van der Waals surface area contributed by atoms with Crippen molar-refractivity contribution in [2.75, 3.05) is 19.8 Å². The van der Waals surface area contributed by atoms with Gasteiger partial charge >= 0.3 is 0 Å². The van der Waals surface area contributed by atoms with E-state index in [9.17, 15) is 0 Å². The van der Waals surface area contributed by atoms with Gasteiger partial charge in [-0.15, -0.1) is 24.0 Å². The summed E-state index contributed by atoms with van der Waals surface area (Å²) in [4.78, 5) is 4.78. The zero-order valence-electron chi connectivity index (χ0n) is 19.4. The maximum Gasteiger partial charge on any atom is 0.191 e. The van der Waals surface area contributed by atoms with Crippen LogP contribution in [0.2, 0.25) is 0 Å². The third kappa shape index (κ3) is 9.88. The van der Waals surface area contributed by atoms with Crippen molar-refractivity contribution in [3.8, 4) is 0 Å². The molecule has 1 atom stereocenters. The van der Waals surface area contributed by atoms with Crippen LogP contribution in [0.4, 0.5) is 0 Å². The topological polar surface area (TPSA) is 54.9 Å². The second-order valence-corrected chi connectivity index (χ2v) is 8.20. The Hall–Kier alpha value is -1.64. The fourth-order valence-corrected chi connectivity index (χ4v) is 3.62. The van der Waals surface area contributed by atoms with Crippen molar-refractivity contribution in [1.82, 2.24) is 10.6 Å². The molecule has 1 unspecified atom stereocenters. The van der Waals surface area contributed by atoms with Crippen molar-refractivity contribution >= 4 is 29.9 Å². The van der Waals surface area contributed by atoms with Crippen LogP contribution < -0.4 is 10.6 Å². The minimum atomic E-state index is 0. The Morgan fingerprint density at radius 3 is 2.41 bits per heavy atom. The first-order chi connectivity index (χ1) is 15.2. The molecule has 5 nitrogen and oxygen atoms in total. The van der Waals surface area contributed by atoms with Gasteiger partial charge in [0.1, 0.15) is 0 Å². The van der Waals surface area contributed by atoms with Gasteiger partial charge in [-0.2, -0.15) is 0 Å². The van der Waals surface area contributed by atoms with Crippen molar-refractivity contribution in [3.63, 3.8) is 0 Å². The van der Waals surface area contributed by atoms with Crippen molar-refractivity contribution < 1.29 is 9.47 Å². The maximum atomic E-state index is 6.01. The highest BCUT2D eigenvalue weighted by Crippen LogP contribution is 2.14. The standard InChI is InChI=1S/C26H37N3O2.HI/c1-3-27-26(29-21(2)9-10-22-7-5-4-6-8-22)28-19-23-11-13-24(14-12-23)20-31-25-15-17-30-18-16-25;/h4-8,11-14,21,25H,3,9-10,15-20H2,1-2H3,(H2,27,28,29);1H. The Morgan fingerprint density at radius 1 is 1.03 bits per heavy atom. The molecule has 2 N–H and O–H groups in total. The third-order valence-electron chi connectivity index (χ3n) is 5.53. The van der Waals surface area contributed by atoms with Crippen molar-refractivity contribution in [2.45, 2.75) is 64.8 Å². The number of nitrogens with zero attached hydrogens (tertiary/aromatic N) is 1. The summed E-state index contributed by atoms with van der Waals surface area (Å²) in [5, 5.41) is 6.89. The molecular formula is C26H38IN3O2. The lowest BCUT2D eigenvalue weighted by atomic mass is 10.1. The van der Waals surface area contributed by atoms with Crippen LogP contribution in [0, 0.1) is 0 Å². The summed E-state index contributed by atoms with van der Waals surface area (Å²) < 4.78 is 11.4. The second kappa shape index (κ2) is 15.2. The first-order valence-corrected chi connectivity index (χ1v) is 11.6. The number of nitrogens with one attached hydrogen (secondary N) is 2. The van der Waals surface area contributed by atoms with Crippen molar-refractivity contribution in [1.29, 1.82) is 0 Å². The summed E-state index contributed by atoms with van der Waals surface area (Å²) in [6, 6.07) is 19.6. The molecule has 0 aromatic heterocycles. The minimum absolute atomic E-state index is 0. The summed E-state index contributed by atoms with van der Waals surface area (Å²) in [6.07, 6.45) is 4.45. The van der Waals surface area contributed by atoms with E-state index in [0.29, 0.717) is 25.3 Å². The third-order valence-corrected chi connectivity index (χ3v) is 5.53. The van der Waals surface area contributed by atoms with E-state index < -0.39 is 0 Å². The number of ether oxygens (including phenoxy) is 2. The fourth-order valence-electron chi connectivity index (χ4n) is 3.62. The maximum absolute atomic E-state index is 6.01. The average molecular weight is 552 g/mol. The molecule has 2 aromatic rings. The van der Waals surface area contributed by atoms with Gasteiger partial charge in [-0.25, -0.2) is 4.99 Å². The zero-order valence-corrected chi connectivity index (χ0v) is 21.7. The molecule has 0 aliphatic carbocycles. The summed E-state index contributed by atoms with van der Waals surface area (Å²) in [6.45, 7) is 8.10. The zero-order chi connectivity index (χ0) is 21.7. The van der Waals surface area contributed by atoms with E-state index in [-0.39, 0.29) is 24.0 Å². The van der Waals surface area contributed by atoms with Crippen LogP contribution in [0.1, 0.15) is 49.8 Å². The van der Waals surface area contributed by atoms with E-state index in [1.165, 1.54) is 16.7 Å². The Labute approximate surface area is 210 Å². The number of benzene rings is 2. The summed E-state index contributed by atoms with van der Waals surface area (Å²) in [5.41, 5.74) is 3.78. The lowest BCUT2D eigenvalue weighted by molar-refractivity contribution is -0.0390. The molecule has 2 aromatic carbocycles. The largest absolute Gasteiger partial charge is 0.381 e. The molecule has 0 bridgehead atoms. The van der Waals surface area contributed by atoms with Crippen LogP contribution in [0.5, 0.6) is 0 Å². The highest BCUT2D eigenvalue weighted by atomic mass is 127. The summed E-state index contributed by atoms with van der Waals surface area (Å²) in [5.74, 6) is 0.870. The smallest absolute Gasteiger partial charge is 0.191 e. The van der Waals surface area contributed by atoms with Crippen LogP contribution in [0.3, 0.4) is 0 Å². The number of halogens is 1. The number of aliphatic imine (C=N–C) groups is 1. The SMILES string of the molecule is CCNC(=NCc1ccc(COC2CCOCC2)cc1)NC(C)CCc1ccccc1.I. The second-order valence-electron chi connectivity index (χ2n) is 8.20. The first-order valence-electron chi connectivity index (χ1n) is 11.6. The van der Waals surface area contributed by atoms with Gasteiger partial charge in [-0.1, -0.05) is 54.6 Å². The number of hydrogen-bond acceptors (Lipinski definition) is 3. The number of guanidine groups is 1. The summed E-state index contributed by atoms with van der Waals surface area (Å²) in [7, 11) is 0. The molecule has 0 radical (unpaired) electrons. The van der Waals surface area contributed by atoms with Crippen molar-refractivity contribution in [2.24, 2.45) is 4.99 Å². The van der Waals surface area contributed by atoms with Crippen molar-refractivity contribution in [3.05, 3.63) is 71.3 Å². The number of hydrogen-bond donors (Lipinski definition) is 2. The van der Waals surface area contributed by atoms with E-state index in [0.717, 1.165) is 51.4 Å². The molecule has 3 rings (SSSR count). The molecule has 0 saturated carbocycles. The Balaban J connectivity index is 0.00000363. The minimum Gasteiger partial charge on any atom is -0.381 e. The van der Waals surface area contributed by atoms with E-state index in [2.05, 4.69) is 79.1 Å². The van der Waals surface area contributed by atoms with Gasteiger partial charge in [0.05, 0.1) is 19.3 Å². The molecule has 1 saturated heterocycles. The van der Waals surface area contributed by atoms with Gasteiger partial charge in [0, 0.05) is 25.8 Å². The van der Waals surface area contributed by atoms with E-state index in [4.69, 9.17) is 14.5 Å². The van der Waals surface area contributed by atoms with Crippen LogP contribution in [0.25, 0.3) is 0 Å². The fraction of sp³-hybridized carbons (Fsp3) is 0.500. The number of aryl methyl sites for hydroxylation is 1. The van der Waals surface area contributed by atoms with Crippen LogP contribution in [0.15, 0.2) is 59.6 Å². The highest BCUT2D eigenvalue weighted by molar-refractivity contribution is 14.0. The van der Waals surface area contributed by atoms with Gasteiger partial charge in [0.25, 0.3) is 0 Å². The number of rotatable bonds is 10. The molecule has 1 fully saturated rings.